The van der Waals surface area contributed by atoms with Gasteiger partial charge in [0.15, 0.2) is 17.5 Å². The van der Waals surface area contributed by atoms with E-state index < -0.39 is 0 Å². The number of benzene rings is 2. The number of nitrogens with zero attached hydrogens (tertiary/aromatic N) is 1. The van der Waals surface area contributed by atoms with Gasteiger partial charge in [-0.05, 0) is 36.2 Å². The van der Waals surface area contributed by atoms with E-state index in [4.69, 9.17) is 9.47 Å². The van der Waals surface area contributed by atoms with Gasteiger partial charge in [0.1, 0.15) is 0 Å². The smallest absolute Gasteiger partial charge is 0.251 e. The van der Waals surface area contributed by atoms with Gasteiger partial charge in [-0.2, -0.15) is 0 Å². The number of rotatable bonds is 9. The van der Waals surface area contributed by atoms with Crippen molar-refractivity contribution in [3.8, 4) is 11.5 Å². The Bertz CT molecular complexity index is 785. The van der Waals surface area contributed by atoms with Crippen LogP contribution in [0.3, 0.4) is 0 Å². The highest BCUT2D eigenvalue weighted by Gasteiger charge is 2.06. The maximum absolute atomic E-state index is 12.0. The normalized spacial score (nSPS) is 10.5. The second-order valence-corrected chi connectivity index (χ2v) is 6.02. The van der Waals surface area contributed by atoms with Crippen LogP contribution in [0.4, 0.5) is 0 Å². The lowest BCUT2D eigenvalue weighted by Crippen LogP contribution is -2.38. The fraction of sp³-hybridized carbons (Fsp3) is 0.333. The zero-order valence-corrected chi connectivity index (χ0v) is 19.4. The molecule has 158 valence electrons. The number of amides is 1. The first-order valence-corrected chi connectivity index (χ1v) is 9.16. The van der Waals surface area contributed by atoms with Crippen LogP contribution in [0.25, 0.3) is 0 Å². The Morgan fingerprint density at radius 1 is 0.931 bits per heavy atom. The van der Waals surface area contributed by atoms with Crippen LogP contribution in [0.15, 0.2) is 53.5 Å². The molecule has 0 aliphatic heterocycles. The lowest BCUT2D eigenvalue weighted by molar-refractivity contribution is 0.0953. The highest BCUT2D eigenvalue weighted by molar-refractivity contribution is 14.0. The van der Waals surface area contributed by atoms with Crippen LogP contribution in [0.1, 0.15) is 22.3 Å². The second kappa shape index (κ2) is 13.6. The molecule has 0 aliphatic rings. The fourth-order valence-corrected chi connectivity index (χ4v) is 2.59. The van der Waals surface area contributed by atoms with Crippen LogP contribution in [0.5, 0.6) is 11.5 Å². The summed E-state index contributed by atoms with van der Waals surface area (Å²) in [4.78, 5) is 16.2. The third-order valence-electron chi connectivity index (χ3n) is 4.10. The minimum Gasteiger partial charge on any atom is -0.493 e. The van der Waals surface area contributed by atoms with Gasteiger partial charge in [0.25, 0.3) is 5.91 Å². The van der Waals surface area contributed by atoms with E-state index in [-0.39, 0.29) is 29.9 Å². The lowest BCUT2D eigenvalue weighted by Gasteiger charge is -2.13. The largest absolute Gasteiger partial charge is 0.493 e. The number of nitrogens with one attached hydrogen (secondary N) is 3. The van der Waals surface area contributed by atoms with Crippen LogP contribution in [-0.4, -0.2) is 46.2 Å². The molecule has 0 saturated carbocycles. The van der Waals surface area contributed by atoms with Gasteiger partial charge in [-0.15, -0.1) is 24.0 Å². The Morgan fingerprint density at radius 3 is 2.28 bits per heavy atom. The van der Waals surface area contributed by atoms with Crippen molar-refractivity contribution in [1.29, 1.82) is 0 Å². The predicted octanol–water partition coefficient (Wildman–Crippen LogP) is 2.81. The van der Waals surface area contributed by atoms with Crippen molar-refractivity contribution < 1.29 is 14.3 Å². The molecule has 0 atom stereocenters. The number of hydrogen-bond donors (Lipinski definition) is 3. The topological polar surface area (TPSA) is 84.0 Å². The van der Waals surface area contributed by atoms with Gasteiger partial charge in [0.2, 0.25) is 0 Å². The molecule has 7 nitrogen and oxygen atoms in total. The highest BCUT2D eigenvalue weighted by Crippen LogP contribution is 2.27. The first kappa shape index (κ1) is 24.5. The third-order valence-corrected chi connectivity index (χ3v) is 4.10. The summed E-state index contributed by atoms with van der Waals surface area (Å²) in [6, 6.07) is 15.0. The van der Waals surface area contributed by atoms with Crippen LogP contribution in [-0.2, 0) is 6.54 Å². The first-order chi connectivity index (χ1) is 13.7. The van der Waals surface area contributed by atoms with Crippen molar-refractivity contribution in [3.63, 3.8) is 0 Å². The molecule has 2 aromatic rings. The van der Waals surface area contributed by atoms with Crippen molar-refractivity contribution in [2.75, 3.05) is 34.4 Å². The number of ether oxygens (including phenoxy) is 2. The monoisotopic (exact) mass is 512 g/mol. The SMILES string of the molecule is CN=C(NCCCNC(=O)c1ccccc1)NCc1ccc(OC)c(OC)c1.I. The average Bonchev–Trinajstić information content (AvgIpc) is 2.75. The van der Waals surface area contributed by atoms with Crippen molar-refractivity contribution >= 4 is 35.8 Å². The van der Waals surface area contributed by atoms with Crippen LogP contribution in [0.2, 0.25) is 0 Å². The number of aliphatic imine (C=N–C) groups is 1. The van der Waals surface area contributed by atoms with Crippen molar-refractivity contribution in [1.82, 2.24) is 16.0 Å². The maximum atomic E-state index is 12.0. The number of guanidine groups is 1. The Morgan fingerprint density at radius 2 is 1.62 bits per heavy atom. The molecule has 0 fully saturated rings. The summed E-state index contributed by atoms with van der Waals surface area (Å²) in [5.74, 6) is 2.03. The van der Waals surface area contributed by atoms with Crippen LogP contribution in [0, 0.1) is 0 Å². The van der Waals surface area contributed by atoms with Gasteiger partial charge in [0.05, 0.1) is 14.2 Å². The van der Waals surface area contributed by atoms with Crippen LogP contribution < -0.4 is 25.4 Å². The molecule has 2 aromatic carbocycles. The molecule has 3 N–H and O–H groups in total. The Hall–Kier alpha value is -2.49. The van der Waals surface area contributed by atoms with Gasteiger partial charge in [-0.25, -0.2) is 0 Å². The molecule has 0 radical (unpaired) electrons. The minimum absolute atomic E-state index is 0. The number of methoxy groups -OCH3 is 2. The summed E-state index contributed by atoms with van der Waals surface area (Å²) >= 11 is 0. The molecule has 0 aromatic heterocycles. The molecule has 29 heavy (non-hydrogen) atoms. The van der Waals surface area contributed by atoms with E-state index in [1.807, 2.05) is 36.4 Å². The number of halogens is 1. The van der Waals surface area contributed by atoms with Crippen LogP contribution >= 0.6 is 24.0 Å². The third kappa shape index (κ3) is 8.18. The van der Waals surface area contributed by atoms with Gasteiger partial charge >= 0.3 is 0 Å². The Labute approximate surface area is 189 Å². The van der Waals surface area contributed by atoms with E-state index in [0.717, 1.165) is 12.0 Å². The highest BCUT2D eigenvalue weighted by atomic mass is 127. The maximum Gasteiger partial charge on any atom is 0.251 e. The molecule has 0 spiro atoms. The van der Waals surface area contributed by atoms with E-state index in [0.29, 0.717) is 42.7 Å². The van der Waals surface area contributed by atoms with E-state index in [9.17, 15) is 4.79 Å². The van der Waals surface area contributed by atoms with Gasteiger partial charge in [-0.1, -0.05) is 24.3 Å². The van der Waals surface area contributed by atoms with Gasteiger partial charge in [-0.3, -0.25) is 9.79 Å². The van der Waals surface area contributed by atoms with Crippen molar-refractivity contribution in [2.24, 2.45) is 4.99 Å². The number of hydrogen-bond acceptors (Lipinski definition) is 4. The molecule has 0 heterocycles. The quantitative estimate of drug-likeness (QED) is 0.208. The summed E-state index contributed by atoms with van der Waals surface area (Å²) < 4.78 is 10.6. The molecule has 8 heteroatoms. The number of carbonyl (C=O) groups is 1. The Kier molecular flexibility index (Phi) is 11.6. The summed E-state index contributed by atoms with van der Waals surface area (Å²) in [7, 11) is 4.96. The van der Waals surface area contributed by atoms with E-state index in [2.05, 4.69) is 20.9 Å². The second-order valence-electron chi connectivity index (χ2n) is 6.02. The molecular weight excluding hydrogens is 483 g/mol. The summed E-state index contributed by atoms with van der Waals surface area (Å²) in [5.41, 5.74) is 1.72. The predicted molar refractivity (Wildman–Crippen MR) is 127 cm³/mol. The zero-order valence-electron chi connectivity index (χ0n) is 17.0. The molecule has 0 aliphatic carbocycles. The minimum atomic E-state index is -0.0587. The average molecular weight is 512 g/mol. The first-order valence-electron chi connectivity index (χ1n) is 9.16. The molecule has 0 bridgehead atoms. The Balaban J connectivity index is 0.00000420. The standard InChI is InChI=1S/C21H28N4O3.HI/c1-22-21(25-15-16-10-11-18(27-2)19(14-16)28-3)24-13-7-12-23-20(26)17-8-5-4-6-9-17;/h4-6,8-11,14H,7,12-13,15H2,1-3H3,(H,23,26)(H2,22,24,25);1H. The number of carbonyl (C=O) groups excluding carboxylic acids is 1. The molecule has 0 unspecified atom stereocenters. The van der Waals surface area contributed by atoms with Gasteiger partial charge < -0.3 is 25.4 Å². The molecule has 0 saturated heterocycles. The van der Waals surface area contributed by atoms with E-state index >= 15 is 0 Å². The molecular formula is C21H29IN4O3. The van der Waals surface area contributed by atoms with Crippen molar-refractivity contribution in [3.05, 3.63) is 59.7 Å². The lowest BCUT2D eigenvalue weighted by atomic mass is 10.2. The van der Waals surface area contributed by atoms with Crippen molar-refractivity contribution in [2.45, 2.75) is 13.0 Å². The zero-order chi connectivity index (χ0) is 20.2. The molecule has 2 rings (SSSR count). The van der Waals surface area contributed by atoms with E-state index in [1.165, 1.54) is 0 Å². The van der Waals surface area contributed by atoms with Gasteiger partial charge in [0, 0.05) is 32.2 Å². The fourth-order valence-electron chi connectivity index (χ4n) is 2.59. The molecule has 1 amide bonds. The summed E-state index contributed by atoms with van der Waals surface area (Å²) in [6.45, 7) is 1.89. The summed E-state index contributed by atoms with van der Waals surface area (Å²) in [5, 5.41) is 9.40. The summed E-state index contributed by atoms with van der Waals surface area (Å²) in [6.07, 6.45) is 0.787. The van der Waals surface area contributed by atoms with E-state index in [1.54, 1.807) is 33.4 Å².